The Morgan fingerprint density at radius 3 is 2.14 bits per heavy atom. The fraction of sp³-hybridized carbons (Fsp3) is 0.250. The first kappa shape index (κ1) is 24.1. The van der Waals surface area contributed by atoms with E-state index in [0.717, 1.165) is 28.9 Å². The van der Waals surface area contributed by atoms with Crippen molar-refractivity contribution in [1.29, 1.82) is 0 Å². The summed E-state index contributed by atoms with van der Waals surface area (Å²) in [7, 11) is 0. The molecule has 0 saturated carbocycles. The highest BCUT2D eigenvalue weighted by atomic mass is 19.4. The largest absolute Gasteiger partial charge is 0.416 e. The Balaban J connectivity index is 1.54. The minimum atomic E-state index is -4.57. The average Bonchev–Trinajstić information content (AvgIpc) is 2.83. The topological polar surface area (TPSA) is 75.5 Å². The molecule has 35 heavy (non-hydrogen) atoms. The Morgan fingerprint density at radius 1 is 0.886 bits per heavy atom. The number of alkyl halides is 3. The van der Waals surface area contributed by atoms with E-state index in [-0.39, 0.29) is 49.0 Å². The van der Waals surface area contributed by atoms with Crippen LogP contribution in [0.25, 0.3) is 5.69 Å². The van der Waals surface area contributed by atoms with E-state index >= 15 is 0 Å². The highest BCUT2D eigenvalue weighted by Gasteiger charge is 2.31. The molecule has 11 heteroatoms. The summed E-state index contributed by atoms with van der Waals surface area (Å²) in [6, 6.07) is 10.8. The first-order chi connectivity index (χ1) is 16.5. The third-order valence-corrected chi connectivity index (χ3v) is 5.65. The molecule has 2 amide bonds. The zero-order chi connectivity index (χ0) is 25.3. The molecule has 0 aliphatic carbocycles. The lowest BCUT2D eigenvalue weighted by Gasteiger charge is -2.34. The summed E-state index contributed by atoms with van der Waals surface area (Å²) in [5.41, 5.74) is -1.48. The molecule has 1 aromatic heterocycles. The number of halogens is 4. The fourth-order valence-electron chi connectivity index (χ4n) is 3.84. The maximum absolute atomic E-state index is 13.4. The zero-order valence-corrected chi connectivity index (χ0v) is 18.6. The van der Waals surface area contributed by atoms with Crippen LogP contribution < -0.4 is 5.43 Å². The van der Waals surface area contributed by atoms with Gasteiger partial charge in [0.2, 0.25) is 5.43 Å². The third-order valence-electron chi connectivity index (χ3n) is 5.65. The number of amides is 2. The second-order valence-electron chi connectivity index (χ2n) is 8.05. The molecule has 0 radical (unpaired) electrons. The van der Waals surface area contributed by atoms with Crippen molar-refractivity contribution in [3.05, 3.63) is 93.2 Å². The normalized spacial score (nSPS) is 14.2. The maximum Gasteiger partial charge on any atom is 0.416 e. The monoisotopic (exact) mass is 488 g/mol. The van der Waals surface area contributed by atoms with E-state index in [4.69, 9.17) is 0 Å². The third kappa shape index (κ3) is 5.08. The quantitative estimate of drug-likeness (QED) is 0.531. The summed E-state index contributed by atoms with van der Waals surface area (Å²) < 4.78 is 53.9. The number of carbonyl (C=O) groups excluding carboxylic acids is 2. The van der Waals surface area contributed by atoms with Gasteiger partial charge in [-0.3, -0.25) is 14.4 Å². The van der Waals surface area contributed by atoms with Crippen LogP contribution in [0.2, 0.25) is 0 Å². The van der Waals surface area contributed by atoms with Gasteiger partial charge in [0, 0.05) is 43.5 Å². The van der Waals surface area contributed by atoms with Gasteiger partial charge >= 0.3 is 6.18 Å². The van der Waals surface area contributed by atoms with Gasteiger partial charge in [0.15, 0.2) is 5.69 Å². The maximum atomic E-state index is 13.4. The standard InChI is InChI=1S/C24H20F4N4O3/c1-15-12-20(33)21(29-32(15)19-7-3-5-17(14-19)24(26,27)28)23(35)31-10-8-30(9-11-31)22(34)16-4-2-6-18(25)13-16/h2-7,12-14H,8-11H2,1H3. The van der Waals surface area contributed by atoms with Crippen LogP contribution in [0.1, 0.15) is 32.1 Å². The Morgan fingerprint density at radius 2 is 1.51 bits per heavy atom. The van der Waals surface area contributed by atoms with E-state index < -0.39 is 34.6 Å². The minimum absolute atomic E-state index is 0.0527. The molecule has 0 spiro atoms. The molecular weight excluding hydrogens is 468 g/mol. The fourth-order valence-corrected chi connectivity index (χ4v) is 3.84. The van der Waals surface area contributed by atoms with Crippen LogP contribution in [0.3, 0.4) is 0 Å². The number of nitrogens with zero attached hydrogens (tertiary/aromatic N) is 4. The summed E-state index contributed by atoms with van der Waals surface area (Å²) in [5, 5.41) is 4.08. The Bertz CT molecular complexity index is 1350. The molecule has 1 fully saturated rings. The van der Waals surface area contributed by atoms with Crippen molar-refractivity contribution in [1.82, 2.24) is 19.6 Å². The molecule has 7 nitrogen and oxygen atoms in total. The first-order valence-electron chi connectivity index (χ1n) is 10.7. The Kier molecular flexibility index (Phi) is 6.42. The first-order valence-corrected chi connectivity index (χ1v) is 10.7. The van der Waals surface area contributed by atoms with Crippen LogP contribution in [-0.2, 0) is 6.18 Å². The van der Waals surface area contributed by atoms with E-state index in [0.29, 0.717) is 0 Å². The predicted octanol–water partition coefficient (Wildman–Crippen LogP) is 3.30. The van der Waals surface area contributed by atoms with Gasteiger partial charge in [-0.2, -0.15) is 18.3 Å². The van der Waals surface area contributed by atoms with Crippen molar-refractivity contribution in [2.45, 2.75) is 13.1 Å². The van der Waals surface area contributed by atoms with Gasteiger partial charge in [0.25, 0.3) is 11.8 Å². The molecule has 2 aromatic carbocycles. The second kappa shape index (κ2) is 9.32. The highest BCUT2D eigenvalue weighted by molar-refractivity contribution is 5.95. The van der Waals surface area contributed by atoms with Gasteiger partial charge in [-0.1, -0.05) is 12.1 Å². The van der Waals surface area contributed by atoms with Crippen LogP contribution in [0.15, 0.2) is 59.4 Å². The number of benzene rings is 2. The second-order valence-corrected chi connectivity index (χ2v) is 8.05. The molecular formula is C24H20F4N4O3. The van der Waals surface area contributed by atoms with Crippen LogP contribution in [0.4, 0.5) is 17.6 Å². The summed E-state index contributed by atoms with van der Waals surface area (Å²) in [6.45, 7) is 2.04. The minimum Gasteiger partial charge on any atom is -0.335 e. The molecule has 4 rings (SSSR count). The van der Waals surface area contributed by atoms with Crippen molar-refractivity contribution in [2.24, 2.45) is 0 Å². The van der Waals surface area contributed by atoms with Crippen molar-refractivity contribution >= 4 is 11.8 Å². The van der Waals surface area contributed by atoms with Gasteiger partial charge < -0.3 is 9.80 Å². The summed E-state index contributed by atoms with van der Waals surface area (Å²) in [6.07, 6.45) is -4.57. The van der Waals surface area contributed by atoms with Gasteiger partial charge in [0.1, 0.15) is 5.82 Å². The molecule has 1 saturated heterocycles. The molecule has 2 heterocycles. The summed E-state index contributed by atoms with van der Waals surface area (Å²) in [4.78, 5) is 41.0. The van der Waals surface area contributed by atoms with Crippen LogP contribution in [0, 0.1) is 12.7 Å². The Hall–Kier alpha value is -4.02. The van der Waals surface area contributed by atoms with Gasteiger partial charge in [0.05, 0.1) is 11.3 Å². The van der Waals surface area contributed by atoms with E-state index in [2.05, 4.69) is 5.10 Å². The summed E-state index contributed by atoms with van der Waals surface area (Å²) >= 11 is 0. The van der Waals surface area contributed by atoms with Crippen LogP contribution in [0.5, 0.6) is 0 Å². The van der Waals surface area contributed by atoms with Crippen LogP contribution >= 0.6 is 0 Å². The molecule has 1 aliphatic heterocycles. The number of hydrogen-bond acceptors (Lipinski definition) is 4. The number of hydrogen-bond donors (Lipinski definition) is 0. The zero-order valence-electron chi connectivity index (χ0n) is 18.6. The van der Waals surface area contributed by atoms with Gasteiger partial charge in [-0.25, -0.2) is 9.07 Å². The van der Waals surface area contributed by atoms with Crippen molar-refractivity contribution in [3.63, 3.8) is 0 Å². The van der Waals surface area contributed by atoms with Crippen molar-refractivity contribution in [3.8, 4) is 5.69 Å². The molecule has 3 aromatic rings. The number of aromatic nitrogens is 2. The number of piperazine rings is 1. The molecule has 0 N–H and O–H groups in total. The smallest absolute Gasteiger partial charge is 0.335 e. The molecule has 1 aliphatic rings. The van der Waals surface area contributed by atoms with Gasteiger partial charge in [-0.05, 0) is 43.3 Å². The van der Waals surface area contributed by atoms with E-state index in [1.165, 1.54) is 47.1 Å². The lowest BCUT2D eigenvalue weighted by Crippen LogP contribution is -2.51. The molecule has 0 atom stereocenters. The number of rotatable bonds is 3. The van der Waals surface area contributed by atoms with E-state index in [9.17, 15) is 31.9 Å². The average molecular weight is 488 g/mol. The molecule has 0 bridgehead atoms. The van der Waals surface area contributed by atoms with Crippen molar-refractivity contribution < 1.29 is 27.2 Å². The SMILES string of the molecule is Cc1cc(=O)c(C(=O)N2CCN(C(=O)c3cccc(F)c3)CC2)nn1-c1cccc(C(F)(F)F)c1. The predicted molar refractivity (Wildman–Crippen MR) is 118 cm³/mol. The van der Waals surface area contributed by atoms with Crippen molar-refractivity contribution in [2.75, 3.05) is 26.2 Å². The number of aryl methyl sites for hydroxylation is 1. The summed E-state index contributed by atoms with van der Waals surface area (Å²) in [5.74, 6) is -1.60. The van der Waals surface area contributed by atoms with Gasteiger partial charge in [-0.15, -0.1) is 0 Å². The Labute approximate surface area is 197 Å². The molecule has 0 unspecified atom stereocenters. The van der Waals surface area contributed by atoms with Crippen LogP contribution in [-0.4, -0.2) is 57.6 Å². The van der Waals surface area contributed by atoms with E-state index in [1.54, 1.807) is 0 Å². The highest BCUT2D eigenvalue weighted by Crippen LogP contribution is 2.30. The lowest BCUT2D eigenvalue weighted by atomic mass is 10.1. The lowest BCUT2D eigenvalue weighted by molar-refractivity contribution is -0.137. The molecule has 182 valence electrons. The number of carbonyl (C=O) groups is 2. The van der Waals surface area contributed by atoms with E-state index in [1.807, 2.05) is 0 Å².